The number of hydrogen-bond donors (Lipinski definition) is 1. The number of aromatic nitrogens is 4. The zero-order valence-corrected chi connectivity index (χ0v) is 11.8. The van der Waals surface area contributed by atoms with Crippen molar-refractivity contribution in [2.75, 3.05) is 33.3 Å². The van der Waals surface area contributed by atoms with Gasteiger partial charge in [-0.25, -0.2) is 0 Å². The number of methoxy groups -OCH3 is 1. The Bertz CT molecular complexity index is 530. The smallest absolute Gasteiger partial charge is 0.234 e. The maximum Gasteiger partial charge on any atom is 0.234 e. The van der Waals surface area contributed by atoms with Crippen LogP contribution in [0, 0.1) is 0 Å². The number of rotatable bonds is 4. The Morgan fingerprint density at radius 2 is 2.26 bits per heavy atom. The van der Waals surface area contributed by atoms with E-state index in [2.05, 4.69) is 25.5 Å². The van der Waals surface area contributed by atoms with Crippen molar-refractivity contribution >= 4 is 16.3 Å². The van der Waals surface area contributed by atoms with E-state index in [1.807, 2.05) is 0 Å². The molecule has 0 amide bonds. The second-order valence-electron chi connectivity index (χ2n) is 4.62. The Kier molecular flexibility index (Phi) is 4.02. The molecule has 1 fully saturated rings. The summed E-state index contributed by atoms with van der Waals surface area (Å²) < 4.78 is 6.88. The van der Waals surface area contributed by atoms with Crippen LogP contribution in [0.25, 0.3) is 4.96 Å². The lowest BCUT2D eigenvalue weighted by molar-refractivity contribution is 0.176. The second kappa shape index (κ2) is 5.91. The van der Waals surface area contributed by atoms with Crippen molar-refractivity contribution in [3.05, 3.63) is 10.8 Å². The highest BCUT2D eigenvalue weighted by molar-refractivity contribution is 7.16. The molecule has 2 aromatic rings. The summed E-state index contributed by atoms with van der Waals surface area (Å²) in [4.78, 5) is 3.27. The second-order valence-corrected chi connectivity index (χ2v) is 5.66. The van der Waals surface area contributed by atoms with E-state index in [-0.39, 0.29) is 0 Å². The predicted octanol–water partition coefficient (Wildman–Crippen LogP) is 0.127. The molecule has 0 radical (unpaired) electrons. The topological polar surface area (TPSA) is 67.6 Å². The van der Waals surface area contributed by atoms with Crippen molar-refractivity contribution in [1.82, 2.24) is 30.0 Å². The quantitative estimate of drug-likeness (QED) is 0.859. The molecule has 3 rings (SSSR count). The van der Waals surface area contributed by atoms with Gasteiger partial charge in [0, 0.05) is 20.2 Å². The summed E-state index contributed by atoms with van der Waals surface area (Å²) in [6, 6.07) is 0. The van der Waals surface area contributed by atoms with E-state index in [1.54, 1.807) is 23.0 Å². The van der Waals surface area contributed by atoms with E-state index in [0.29, 0.717) is 6.61 Å². The molecule has 0 aromatic carbocycles. The molecule has 0 saturated carbocycles. The fourth-order valence-electron chi connectivity index (χ4n) is 2.23. The average Bonchev–Trinajstić information content (AvgIpc) is 2.84. The van der Waals surface area contributed by atoms with Crippen LogP contribution < -0.4 is 5.32 Å². The molecule has 1 saturated heterocycles. The Morgan fingerprint density at radius 3 is 3.16 bits per heavy atom. The Labute approximate surface area is 115 Å². The standard InChI is InChI=1S/C11H18N6OS/c1-18-8-9-13-14-11-17(9)15-10(19-11)7-16-5-2-3-12-4-6-16/h12H,2-8H2,1H3. The fraction of sp³-hybridized carbons (Fsp3) is 0.727. The minimum atomic E-state index is 0.442. The first-order chi connectivity index (χ1) is 9.36. The molecule has 3 heterocycles. The summed E-state index contributed by atoms with van der Waals surface area (Å²) in [5, 5.41) is 17.3. The molecule has 0 aliphatic carbocycles. The summed E-state index contributed by atoms with van der Waals surface area (Å²) in [5.74, 6) is 0.762. The van der Waals surface area contributed by atoms with Crippen molar-refractivity contribution in [2.24, 2.45) is 0 Å². The van der Waals surface area contributed by atoms with Crippen LogP contribution in [0.2, 0.25) is 0 Å². The van der Waals surface area contributed by atoms with Gasteiger partial charge in [-0.1, -0.05) is 11.3 Å². The molecular formula is C11H18N6OS. The molecule has 0 spiro atoms. The maximum atomic E-state index is 5.09. The van der Waals surface area contributed by atoms with Gasteiger partial charge in [0.15, 0.2) is 5.82 Å². The molecular weight excluding hydrogens is 264 g/mol. The normalized spacial score (nSPS) is 17.9. The van der Waals surface area contributed by atoms with E-state index in [1.165, 1.54) is 6.42 Å². The summed E-state index contributed by atoms with van der Waals surface area (Å²) in [6.07, 6.45) is 1.19. The Hall–Kier alpha value is -1.09. The molecule has 0 bridgehead atoms. The first-order valence-corrected chi connectivity index (χ1v) is 7.30. The van der Waals surface area contributed by atoms with Crippen LogP contribution in [-0.4, -0.2) is 58.0 Å². The number of nitrogens with one attached hydrogen (secondary N) is 1. The van der Waals surface area contributed by atoms with Gasteiger partial charge in [0.2, 0.25) is 4.96 Å². The first-order valence-electron chi connectivity index (χ1n) is 6.49. The SMILES string of the molecule is COCc1nnc2sc(CN3CCCNCC3)nn12. The van der Waals surface area contributed by atoms with Crippen molar-refractivity contribution in [2.45, 2.75) is 19.6 Å². The zero-order valence-electron chi connectivity index (χ0n) is 11.0. The lowest BCUT2D eigenvalue weighted by atomic mass is 10.4. The van der Waals surface area contributed by atoms with Gasteiger partial charge in [-0.15, -0.1) is 10.2 Å². The van der Waals surface area contributed by atoms with E-state index in [0.717, 1.165) is 48.5 Å². The van der Waals surface area contributed by atoms with Gasteiger partial charge in [-0.3, -0.25) is 4.90 Å². The molecule has 0 atom stereocenters. The summed E-state index contributed by atoms with van der Waals surface area (Å²) in [6.45, 7) is 5.70. The zero-order chi connectivity index (χ0) is 13.1. The minimum Gasteiger partial charge on any atom is -0.377 e. The van der Waals surface area contributed by atoms with Gasteiger partial charge in [0.05, 0.1) is 6.54 Å². The summed E-state index contributed by atoms with van der Waals surface area (Å²) in [5.41, 5.74) is 0. The number of nitrogens with zero attached hydrogens (tertiary/aromatic N) is 5. The van der Waals surface area contributed by atoms with Crippen LogP contribution in [0.1, 0.15) is 17.3 Å². The molecule has 19 heavy (non-hydrogen) atoms. The number of fused-ring (bicyclic) bond motifs is 1. The van der Waals surface area contributed by atoms with Gasteiger partial charge >= 0.3 is 0 Å². The van der Waals surface area contributed by atoms with E-state index >= 15 is 0 Å². The van der Waals surface area contributed by atoms with Crippen molar-refractivity contribution < 1.29 is 4.74 Å². The minimum absolute atomic E-state index is 0.442. The van der Waals surface area contributed by atoms with Gasteiger partial charge in [0.25, 0.3) is 0 Å². The molecule has 2 aromatic heterocycles. The van der Waals surface area contributed by atoms with E-state index in [9.17, 15) is 0 Å². The predicted molar refractivity (Wildman–Crippen MR) is 72.1 cm³/mol. The Balaban J connectivity index is 1.73. The van der Waals surface area contributed by atoms with Crippen molar-refractivity contribution in [3.63, 3.8) is 0 Å². The van der Waals surface area contributed by atoms with Crippen molar-refractivity contribution in [3.8, 4) is 0 Å². The number of ether oxygens (including phenoxy) is 1. The molecule has 1 N–H and O–H groups in total. The van der Waals surface area contributed by atoms with Crippen LogP contribution in [-0.2, 0) is 17.9 Å². The van der Waals surface area contributed by atoms with Crippen molar-refractivity contribution in [1.29, 1.82) is 0 Å². The lowest BCUT2D eigenvalue weighted by Gasteiger charge is -2.16. The molecule has 8 heteroatoms. The third-order valence-corrected chi connectivity index (χ3v) is 4.05. The van der Waals surface area contributed by atoms with Crippen LogP contribution in [0.4, 0.5) is 0 Å². The highest BCUT2D eigenvalue weighted by Crippen LogP contribution is 2.16. The van der Waals surface area contributed by atoms with Gasteiger partial charge in [-0.2, -0.15) is 9.61 Å². The van der Waals surface area contributed by atoms with Gasteiger partial charge < -0.3 is 10.1 Å². The molecule has 0 unspecified atom stereocenters. The molecule has 1 aliphatic heterocycles. The third-order valence-electron chi connectivity index (χ3n) is 3.16. The fourth-order valence-corrected chi connectivity index (χ4v) is 3.13. The first kappa shape index (κ1) is 12.9. The largest absolute Gasteiger partial charge is 0.377 e. The lowest BCUT2D eigenvalue weighted by Crippen LogP contribution is -2.27. The van der Waals surface area contributed by atoms with E-state index in [4.69, 9.17) is 4.74 Å². The average molecular weight is 282 g/mol. The van der Waals surface area contributed by atoms with Gasteiger partial charge in [0.1, 0.15) is 11.6 Å². The molecule has 1 aliphatic rings. The summed E-state index contributed by atoms with van der Waals surface area (Å²) >= 11 is 1.61. The van der Waals surface area contributed by atoms with Crippen LogP contribution in [0.5, 0.6) is 0 Å². The monoisotopic (exact) mass is 282 g/mol. The van der Waals surface area contributed by atoms with Gasteiger partial charge in [-0.05, 0) is 19.5 Å². The Morgan fingerprint density at radius 1 is 1.32 bits per heavy atom. The maximum absolute atomic E-state index is 5.09. The van der Waals surface area contributed by atoms with Crippen LogP contribution in [0.15, 0.2) is 0 Å². The van der Waals surface area contributed by atoms with E-state index < -0.39 is 0 Å². The molecule has 7 nitrogen and oxygen atoms in total. The molecule has 104 valence electrons. The number of hydrogen-bond acceptors (Lipinski definition) is 7. The third kappa shape index (κ3) is 2.92. The van der Waals surface area contributed by atoms with Crippen LogP contribution >= 0.6 is 11.3 Å². The van der Waals surface area contributed by atoms with Crippen LogP contribution in [0.3, 0.4) is 0 Å². The highest BCUT2D eigenvalue weighted by Gasteiger charge is 2.15. The summed E-state index contributed by atoms with van der Waals surface area (Å²) in [7, 11) is 1.65. The highest BCUT2D eigenvalue weighted by atomic mass is 32.1.